The van der Waals surface area contributed by atoms with E-state index in [0.29, 0.717) is 24.9 Å². The third-order valence-electron chi connectivity index (χ3n) is 4.27. The van der Waals surface area contributed by atoms with Crippen LogP contribution in [0.2, 0.25) is 0 Å². The fraction of sp³-hybridized carbons (Fsp3) is 0.238. The molecule has 166 valence electrons. The normalized spacial score (nSPS) is 11.6. The second-order valence-electron chi connectivity index (χ2n) is 6.57. The highest BCUT2D eigenvalue weighted by Gasteiger charge is 2.12. The molecule has 0 atom stereocenters. The predicted molar refractivity (Wildman–Crippen MR) is 132 cm³/mol. The van der Waals surface area contributed by atoms with Crippen LogP contribution >= 0.6 is 24.0 Å². The van der Waals surface area contributed by atoms with Crippen molar-refractivity contribution in [3.8, 4) is 11.5 Å². The number of nitrogens with one attached hydrogen (secondary N) is 3. The fourth-order valence-electron chi connectivity index (χ4n) is 2.66. The lowest BCUT2D eigenvalue weighted by molar-refractivity contribution is 0.571. The molecule has 1 aromatic heterocycles. The van der Waals surface area contributed by atoms with Crippen molar-refractivity contribution >= 4 is 40.0 Å². The zero-order chi connectivity index (χ0) is 21.4. The molecule has 0 unspecified atom stereocenters. The first-order valence-corrected chi connectivity index (χ1v) is 11.0. The molecule has 0 aliphatic heterocycles. The highest BCUT2D eigenvalue weighted by Crippen LogP contribution is 2.18. The highest BCUT2D eigenvalue weighted by molar-refractivity contribution is 14.0. The number of sulfonamides is 1. The number of oxazole rings is 1. The van der Waals surface area contributed by atoms with E-state index in [4.69, 9.17) is 4.42 Å². The van der Waals surface area contributed by atoms with Gasteiger partial charge in [-0.05, 0) is 31.2 Å². The zero-order valence-corrected chi connectivity index (χ0v) is 20.5. The van der Waals surface area contributed by atoms with Crippen LogP contribution in [0.4, 0.5) is 0 Å². The van der Waals surface area contributed by atoms with Gasteiger partial charge in [0.05, 0.1) is 17.1 Å². The quantitative estimate of drug-likeness (QED) is 0.171. The molecule has 3 N–H and O–H groups in total. The number of aliphatic imine (C=N–C) groups is 1. The van der Waals surface area contributed by atoms with Gasteiger partial charge in [-0.15, -0.1) is 24.0 Å². The van der Waals surface area contributed by atoms with Gasteiger partial charge in [0.1, 0.15) is 6.26 Å². The second-order valence-corrected chi connectivity index (χ2v) is 8.34. The lowest BCUT2D eigenvalue weighted by atomic mass is 10.1. The van der Waals surface area contributed by atoms with Gasteiger partial charge in [-0.25, -0.2) is 18.1 Å². The van der Waals surface area contributed by atoms with E-state index in [-0.39, 0.29) is 35.4 Å². The number of aryl methyl sites for hydroxylation is 1. The van der Waals surface area contributed by atoms with E-state index in [9.17, 15) is 8.42 Å². The standard InChI is InChI=1S/C21H25N5O3S.HI/c1-16-8-10-17(11-9-16)20-26-18(15-29-20)14-24-21(22-2)23-12-13-25-30(27,28)19-6-4-3-5-7-19;/h3-11,15,25H,12-14H2,1-2H3,(H2,22,23,24);1H. The predicted octanol–water partition coefficient (Wildman–Crippen LogP) is 2.91. The summed E-state index contributed by atoms with van der Waals surface area (Å²) in [5, 5.41) is 6.19. The van der Waals surface area contributed by atoms with Crippen LogP contribution in [-0.2, 0) is 16.6 Å². The summed E-state index contributed by atoms with van der Waals surface area (Å²) in [6, 6.07) is 16.2. The van der Waals surface area contributed by atoms with E-state index in [0.717, 1.165) is 11.3 Å². The summed E-state index contributed by atoms with van der Waals surface area (Å²) in [7, 11) is -1.88. The summed E-state index contributed by atoms with van der Waals surface area (Å²) >= 11 is 0. The van der Waals surface area contributed by atoms with Crippen LogP contribution in [0.5, 0.6) is 0 Å². The van der Waals surface area contributed by atoms with Gasteiger partial charge in [0, 0.05) is 25.7 Å². The fourth-order valence-corrected chi connectivity index (χ4v) is 3.71. The maximum absolute atomic E-state index is 12.2. The smallest absolute Gasteiger partial charge is 0.240 e. The Labute approximate surface area is 199 Å². The van der Waals surface area contributed by atoms with Crippen molar-refractivity contribution in [3.05, 3.63) is 72.1 Å². The number of benzene rings is 2. The van der Waals surface area contributed by atoms with Crippen LogP contribution in [0, 0.1) is 6.92 Å². The van der Waals surface area contributed by atoms with Crippen molar-refractivity contribution in [1.29, 1.82) is 0 Å². The monoisotopic (exact) mass is 555 g/mol. The SMILES string of the molecule is CN=C(NCCNS(=O)(=O)c1ccccc1)NCc1coc(-c2ccc(C)cc2)n1.I. The zero-order valence-electron chi connectivity index (χ0n) is 17.3. The van der Waals surface area contributed by atoms with E-state index in [1.807, 2.05) is 31.2 Å². The maximum atomic E-state index is 12.2. The molecule has 0 radical (unpaired) electrons. The van der Waals surface area contributed by atoms with Crippen LogP contribution in [0.1, 0.15) is 11.3 Å². The van der Waals surface area contributed by atoms with Gasteiger partial charge in [-0.1, -0.05) is 35.9 Å². The average molecular weight is 555 g/mol. The molecule has 0 amide bonds. The first kappa shape index (κ1) is 24.8. The van der Waals surface area contributed by atoms with E-state index in [1.54, 1.807) is 43.6 Å². The first-order chi connectivity index (χ1) is 14.5. The Kier molecular flexibility index (Phi) is 9.46. The third-order valence-corrected chi connectivity index (χ3v) is 5.75. The molecule has 0 aliphatic rings. The van der Waals surface area contributed by atoms with Crippen molar-refractivity contribution in [2.45, 2.75) is 18.4 Å². The summed E-state index contributed by atoms with van der Waals surface area (Å²) < 4.78 is 32.5. The van der Waals surface area contributed by atoms with Crippen molar-refractivity contribution in [2.75, 3.05) is 20.1 Å². The van der Waals surface area contributed by atoms with Crippen LogP contribution in [0.25, 0.3) is 11.5 Å². The lowest BCUT2D eigenvalue weighted by Gasteiger charge is -2.11. The largest absolute Gasteiger partial charge is 0.444 e. The minimum Gasteiger partial charge on any atom is -0.444 e. The Morgan fingerprint density at radius 2 is 1.74 bits per heavy atom. The number of rotatable bonds is 8. The van der Waals surface area contributed by atoms with Crippen LogP contribution in [0.3, 0.4) is 0 Å². The minimum absolute atomic E-state index is 0. The Bertz CT molecular complexity index is 1080. The number of nitrogens with zero attached hydrogens (tertiary/aromatic N) is 2. The third kappa shape index (κ3) is 7.33. The van der Waals surface area contributed by atoms with E-state index in [2.05, 4.69) is 25.3 Å². The van der Waals surface area contributed by atoms with Crippen LogP contribution < -0.4 is 15.4 Å². The van der Waals surface area contributed by atoms with Gasteiger partial charge in [0.15, 0.2) is 5.96 Å². The van der Waals surface area contributed by atoms with Gasteiger partial charge >= 0.3 is 0 Å². The van der Waals surface area contributed by atoms with Crippen molar-refractivity contribution in [1.82, 2.24) is 20.3 Å². The molecular weight excluding hydrogens is 529 g/mol. The summed E-state index contributed by atoms with van der Waals surface area (Å²) in [6.07, 6.45) is 1.60. The van der Waals surface area contributed by atoms with Gasteiger partial charge in [-0.2, -0.15) is 0 Å². The molecule has 0 saturated heterocycles. The van der Waals surface area contributed by atoms with Crippen LogP contribution in [0.15, 0.2) is 75.2 Å². The Morgan fingerprint density at radius 1 is 1.03 bits per heavy atom. The van der Waals surface area contributed by atoms with E-state index in [1.165, 1.54) is 5.56 Å². The molecule has 10 heteroatoms. The van der Waals surface area contributed by atoms with Crippen molar-refractivity contribution < 1.29 is 12.8 Å². The Balaban J connectivity index is 0.00000341. The lowest BCUT2D eigenvalue weighted by Crippen LogP contribution is -2.41. The number of hydrogen-bond acceptors (Lipinski definition) is 5. The Hall–Kier alpha value is -2.44. The number of guanidine groups is 1. The van der Waals surface area contributed by atoms with Crippen molar-refractivity contribution in [3.63, 3.8) is 0 Å². The second kappa shape index (κ2) is 11.8. The van der Waals surface area contributed by atoms with Gasteiger partial charge in [0.25, 0.3) is 0 Å². The molecule has 2 aromatic carbocycles. The molecular formula is C21H26IN5O3S. The molecule has 3 aromatic rings. The summed E-state index contributed by atoms with van der Waals surface area (Å²) in [5.74, 6) is 1.10. The number of hydrogen-bond donors (Lipinski definition) is 3. The Morgan fingerprint density at radius 3 is 2.42 bits per heavy atom. The molecule has 0 saturated carbocycles. The molecule has 8 nitrogen and oxygen atoms in total. The summed E-state index contributed by atoms with van der Waals surface area (Å²) in [4.78, 5) is 8.84. The molecule has 1 heterocycles. The van der Waals surface area contributed by atoms with Gasteiger partial charge in [0.2, 0.25) is 15.9 Å². The van der Waals surface area contributed by atoms with E-state index < -0.39 is 10.0 Å². The average Bonchev–Trinajstić information content (AvgIpc) is 3.23. The number of halogens is 1. The topological polar surface area (TPSA) is 109 Å². The maximum Gasteiger partial charge on any atom is 0.240 e. The molecule has 3 rings (SSSR count). The molecule has 0 spiro atoms. The highest BCUT2D eigenvalue weighted by atomic mass is 127. The molecule has 31 heavy (non-hydrogen) atoms. The van der Waals surface area contributed by atoms with E-state index >= 15 is 0 Å². The van der Waals surface area contributed by atoms with Gasteiger partial charge in [-0.3, -0.25) is 4.99 Å². The summed E-state index contributed by atoms with van der Waals surface area (Å²) in [6.45, 7) is 3.04. The van der Waals surface area contributed by atoms with Crippen LogP contribution in [-0.4, -0.2) is 39.5 Å². The molecule has 0 fully saturated rings. The van der Waals surface area contributed by atoms with Gasteiger partial charge < -0.3 is 15.1 Å². The minimum atomic E-state index is -3.52. The molecule has 0 aliphatic carbocycles. The first-order valence-electron chi connectivity index (χ1n) is 9.48. The molecule has 0 bridgehead atoms. The van der Waals surface area contributed by atoms with Crippen molar-refractivity contribution in [2.24, 2.45) is 4.99 Å². The number of aromatic nitrogens is 1. The summed E-state index contributed by atoms with van der Waals surface area (Å²) in [5.41, 5.74) is 2.83.